The van der Waals surface area contributed by atoms with Gasteiger partial charge in [-0.1, -0.05) is 18.2 Å². The van der Waals surface area contributed by atoms with Crippen molar-refractivity contribution in [1.29, 1.82) is 0 Å². The van der Waals surface area contributed by atoms with Gasteiger partial charge in [0.15, 0.2) is 0 Å². The lowest BCUT2D eigenvalue weighted by atomic mass is 9.85. The number of hydrogen-bond donors (Lipinski definition) is 5. The molecule has 3 saturated heterocycles. The van der Waals surface area contributed by atoms with Gasteiger partial charge in [-0.3, -0.25) is 44.0 Å². The summed E-state index contributed by atoms with van der Waals surface area (Å²) in [4.78, 5) is 85.0. The molecule has 2 atom stereocenters. The molecule has 3 fully saturated rings. The van der Waals surface area contributed by atoms with E-state index in [4.69, 9.17) is 18.9 Å². The molecule has 5 aliphatic rings. The Morgan fingerprint density at radius 2 is 1.55 bits per heavy atom. The van der Waals surface area contributed by atoms with Gasteiger partial charge in [0.2, 0.25) is 17.7 Å². The number of piperidine rings is 2. The average molecular weight is 1010 g/mol. The fourth-order valence-corrected chi connectivity index (χ4v) is 9.83. The number of benzene rings is 3. The summed E-state index contributed by atoms with van der Waals surface area (Å²) in [6, 6.07) is 20.2. The molecule has 2 unspecified atom stereocenters. The summed E-state index contributed by atoms with van der Waals surface area (Å²) in [6.07, 6.45) is 8.44. The maximum Gasteiger partial charge on any atom is 0.324 e. The predicted molar refractivity (Wildman–Crippen MR) is 273 cm³/mol. The standard InChI is InChI=1S/C54H61FN10O9/c1-35(58-49(68)38-9-5-10-39(30-38)62-54(16-20-57-21-17-54)53-60-48(61-53)36-14-18-56-19-15-36)37-8-6-11-40(31-37)74-29-4-2-3-26-72-27-7-28-73-34-47(67)64-24-22-63(23-25-64)45-33-42-41(32-43(45)55)51(70)65(52(42)71)44-12-13-46(66)59-50(44)69/h5-6,8-11,14-15,18-19,30-33,35,44,57,62H,2-4,7,12-13,16-17,20-29,34H2,1H3,(H2,58,59,66,68,69)/p+1. The number of anilines is 2. The van der Waals surface area contributed by atoms with Crippen LogP contribution >= 0.6 is 0 Å². The molecule has 0 bridgehead atoms. The number of carbonyl (C=O) groups is 6. The number of piperazine rings is 1. The number of amides is 6. The number of ether oxygens (including phenoxy) is 3. The van der Waals surface area contributed by atoms with Crippen molar-refractivity contribution in [2.45, 2.75) is 75.9 Å². The number of nitrogens with one attached hydrogen (secondary N) is 5. The minimum absolute atomic E-state index is 0.00444. The molecule has 6 amide bonds. The van der Waals surface area contributed by atoms with E-state index in [2.05, 4.69) is 31.6 Å². The molecule has 3 aromatic carbocycles. The van der Waals surface area contributed by atoms with Gasteiger partial charge in [-0.25, -0.2) is 14.4 Å². The Morgan fingerprint density at radius 1 is 0.838 bits per heavy atom. The number of carbonyl (C=O) groups excluding carboxylic acids is 6. The number of imide groups is 2. The normalized spacial score (nSPS) is 18.6. The fourth-order valence-electron chi connectivity index (χ4n) is 9.83. The van der Waals surface area contributed by atoms with Gasteiger partial charge in [0, 0.05) is 76.1 Å². The van der Waals surface area contributed by atoms with Crippen molar-refractivity contribution in [3.63, 3.8) is 0 Å². The Balaban J connectivity index is 0.624. The first kappa shape index (κ1) is 51.4. The van der Waals surface area contributed by atoms with Gasteiger partial charge < -0.3 is 40.0 Å². The number of unbranched alkanes of at least 4 members (excludes halogenated alkanes) is 2. The minimum atomic E-state index is -1.14. The van der Waals surface area contributed by atoms with Crippen LogP contribution in [0.25, 0.3) is 0 Å². The van der Waals surface area contributed by atoms with Crippen LogP contribution in [-0.2, 0) is 23.9 Å². The Bertz CT molecular complexity index is 2830. The molecule has 0 radical (unpaired) electrons. The largest absolute Gasteiger partial charge is 0.494 e. The van der Waals surface area contributed by atoms with Crippen molar-refractivity contribution >= 4 is 58.5 Å². The lowest BCUT2D eigenvalue weighted by Crippen LogP contribution is -2.64. The van der Waals surface area contributed by atoms with E-state index < -0.39 is 35.5 Å². The second-order valence-corrected chi connectivity index (χ2v) is 19.1. The second-order valence-electron chi connectivity index (χ2n) is 19.1. The zero-order chi connectivity index (χ0) is 51.6. The fraction of sp³-hybridized carbons (Fsp3) is 0.426. The van der Waals surface area contributed by atoms with E-state index in [1.807, 2.05) is 67.6 Å². The molecule has 5 aliphatic heterocycles. The van der Waals surface area contributed by atoms with Crippen molar-refractivity contribution in [3.8, 4) is 5.75 Å². The van der Waals surface area contributed by atoms with Crippen LogP contribution in [0.3, 0.4) is 0 Å². The highest BCUT2D eigenvalue weighted by molar-refractivity contribution is 6.24. The van der Waals surface area contributed by atoms with Crippen LogP contribution in [0, 0.1) is 5.82 Å². The van der Waals surface area contributed by atoms with Gasteiger partial charge in [-0.15, -0.1) is 0 Å². The summed E-state index contributed by atoms with van der Waals surface area (Å²) in [5.74, 6) is -1.29. The number of aromatic nitrogens is 1. The summed E-state index contributed by atoms with van der Waals surface area (Å²) in [5.41, 5.74) is 2.94. The van der Waals surface area contributed by atoms with Gasteiger partial charge in [0.25, 0.3) is 17.7 Å². The first-order valence-electron chi connectivity index (χ1n) is 25.5. The molecule has 0 aliphatic carbocycles. The van der Waals surface area contributed by atoms with Crippen LogP contribution in [0.5, 0.6) is 5.75 Å². The van der Waals surface area contributed by atoms with Gasteiger partial charge in [-0.05, 0) is 125 Å². The Hall–Kier alpha value is -7.51. The SMILES string of the molecule is CC(NC(=O)c1cccc(NC2(C3=[N+]=C(c4ccncc4)N3)CCNCC2)c1)c1cccc(OCCCCCOCCCOCC(=O)N2CCN(c3cc4c(cc3F)C(=O)N(C3CCC(=O)NC3=O)C4=O)CC2)c1. The third-order valence-corrected chi connectivity index (χ3v) is 14.0. The lowest BCUT2D eigenvalue weighted by molar-refractivity contribution is -0.137. The topological polar surface area (TPSA) is 227 Å². The molecule has 0 spiro atoms. The lowest BCUT2D eigenvalue weighted by Gasteiger charge is -2.37. The van der Waals surface area contributed by atoms with Crippen LogP contribution in [-0.4, -0.2) is 146 Å². The number of rotatable bonds is 22. The monoisotopic (exact) mass is 1010 g/mol. The number of nitrogens with zero attached hydrogens (tertiary/aromatic N) is 5. The zero-order valence-corrected chi connectivity index (χ0v) is 41.5. The van der Waals surface area contributed by atoms with Gasteiger partial charge in [-0.2, -0.15) is 0 Å². The van der Waals surface area contributed by atoms with Crippen LogP contribution < -0.4 is 40.9 Å². The minimum Gasteiger partial charge on any atom is -0.494 e. The third kappa shape index (κ3) is 12.0. The number of halogens is 1. The molecule has 388 valence electrons. The summed E-state index contributed by atoms with van der Waals surface area (Å²) in [7, 11) is 0. The molecule has 19 nitrogen and oxygen atoms in total. The molecule has 6 heterocycles. The smallest absolute Gasteiger partial charge is 0.324 e. The maximum absolute atomic E-state index is 15.3. The van der Waals surface area contributed by atoms with Crippen LogP contribution in [0.4, 0.5) is 15.8 Å². The Kier molecular flexibility index (Phi) is 16.4. The van der Waals surface area contributed by atoms with E-state index in [-0.39, 0.29) is 59.7 Å². The van der Waals surface area contributed by atoms with E-state index in [0.717, 1.165) is 90.4 Å². The molecule has 4 aromatic rings. The van der Waals surface area contributed by atoms with Gasteiger partial charge >= 0.3 is 11.7 Å². The summed E-state index contributed by atoms with van der Waals surface area (Å²) in [5, 5.41) is 16.0. The summed E-state index contributed by atoms with van der Waals surface area (Å²) >= 11 is 0. The van der Waals surface area contributed by atoms with Crippen molar-refractivity contribution in [2.75, 3.05) is 82.5 Å². The highest BCUT2D eigenvalue weighted by Gasteiger charge is 2.47. The molecule has 20 heteroatoms. The number of fused-ring (bicyclic) bond motifs is 1. The summed E-state index contributed by atoms with van der Waals surface area (Å²) in [6.45, 7) is 6.79. The van der Waals surface area contributed by atoms with E-state index in [1.54, 1.807) is 22.2 Å². The first-order valence-corrected chi connectivity index (χ1v) is 25.5. The maximum atomic E-state index is 15.3. The second kappa shape index (κ2) is 23.6. The van der Waals surface area contributed by atoms with E-state index >= 15 is 4.39 Å². The van der Waals surface area contributed by atoms with Gasteiger partial charge in [0.05, 0.1) is 35.0 Å². The van der Waals surface area contributed by atoms with Crippen LogP contribution in [0.1, 0.15) is 107 Å². The third-order valence-electron chi connectivity index (χ3n) is 14.0. The Labute approximate surface area is 428 Å². The molecule has 9 rings (SSSR count). The van der Waals surface area contributed by atoms with Crippen molar-refractivity contribution in [1.82, 2.24) is 40.7 Å². The van der Waals surface area contributed by atoms with Crippen LogP contribution in [0.15, 0.2) is 85.2 Å². The quantitative estimate of drug-likeness (QED) is 0.0432. The van der Waals surface area contributed by atoms with E-state index in [1.165, 1.54) is 6.07 Å². The van der Waals surface area contributed by atoms with E-state index in [9.17, 15) is 28.8 Å². The molecule has 1 aromatic heterocycles. The molecular formula is C54H62FN10O9+. The van der Waals surface area contributed by atoms with Crippen molar-refractivity contribution < 1.29 is 47.4 Å². The van der Waals surface area contributed by atoms with E-state index in [0.29, 0.717) is 64.6 Å². The number of pyridine rings is 1. The zero-order valence-electron chi connectivity index (χ0n) is 41.5. The Morgan fingerprint density at radius 3 is 2.32 bits per heavy atom. The first-order chi connectivity index (χ1) is 36.0. The van der Waals surface area contributed by atoms with Gasteiger partial charge in [0.1, 0.15) is 29.8 Å². The molecule has 0 saturated carbocycles. The van der Waals surface area contributed by atoms with Crippen LogP contribution in [0.2, 0.25) is 0 Å². The predicted octanol–water partition coefficient (Wildman–Crippen LogP) is 3.48. The number of amidine groups is 2. The highest BCUT2D eigenvalue weighted by atomic mass is 19.1. The van der Waals surface area contributed by atoms with Crippen molar-refractivity contribution in [2.24, 2.45) is 0 Å². The molecular weight excluding hydrogens is 952 g/mol. The molecule has 5 N–H and O–H groups in total. The average Bonchev–Trinajstić information content (AvgIpc) is 3.63. The summed E-state index contributed by atoms with van der Waals surface area (Å²) < 4.78 is 37.7. The van der Waals surface area contributed by atoms with Crippen molar-refractivity contribution in [3.05, 3.63) is 119 Å². The molecule has 74 heavy (non-hydrogen) atoms. The highest BCUT2D eigenvalue weighted by Crippen LogP contribution is 2.33. The number of hydrogen-bond acceptors (Lipinski definition) is 14.